The number of hydrogen-bond donors (Lipinski definition) is 0. The summed E-state index contributed by atoms with van der Waals surface area (Å²) in [5.74, 6) is -0.999. The molecule has 3 rings (SSSR count). The van der Waals surface area contributed by atoms with Gasteiger partial charge in [0, 0.05) is 12.1 Å². The Morgan fingerprint density at radius 1 is 1.58 bits per heavy atom. The third kappa shape index (κ3) is 2.07. The van der Waals surface area contributed by atoms with E-state index < -0.39 is 5.95 Å². The monoisotopic (exact) mass is 262 g/mol. The maximum absolute atomic E-state index is 13.5. The highest BCUT2D eigenvalue weighted by molar-refractivity contribution is 5.77. The summed E-state index contributed by atoms with van der Waals surface area (Å²) in [7, 11) is 1.36. The summed E-state index contributed by atoms with van der Waals surface area (Å²) in [5.41, 5.74) is 0.898. The molecule has 7 heteroatoms. The van der Waals surface area contributed by atoms with Crippen molar-refractivity contribution in [1.29, 1.82) is 0 Å². The van der Waals surface area contributed by atoms with Crippen LogP contribution in [0, 0.1) is 11.9 Å². The fourth-order valence-electron chi connectivity index (χ4n) is 2.05. The summed E-state index contributed by atoms with van der Waals surface area (Å²) in [6.07, 6.45) is 3.68. The fraction of sp³-hybridized carbons (Fsp3) is 0.333. The molecule has 1 saturated carbocycles. The predicted molar refractivity (Wildman–Crippen MR) is 62.0 cm³/mol. The van der Waals surface area contributed by atoms with Gasteiger partial charge in [0.1, 0.15) is 5.69 Å². The zero-order chi connectivity index (χ0) is 13.4. The van der Waals surface area contributed by atoms with Crippen LogP contribution in [-0.4, -0.2) is 33.1 Å². The Morgan fingerprint density at radius 2 is 2.42 bits per heavy atom. The molecular weight excluding hydrogens is 251 g/mol. The molecule has 2 aromatic heterocycles. The van der Waals surface area contributed by atoms with Gasteiger partial charge in [0.05, 0.1) is 24.9 Å². The van der Waals surface area contributed by atoms with Crippen molar-refractivity contribution in [2.24, 2.45) is 5.92 Å². The zero-order valence-corrected chi connectivity index (χ0v) is 10.2. The standard InChI is InChI=1S/C12H11FN4O2/c1-19-12(18)8-5-7(8)9-6-17(16-15-9)10-3-2-4-14-11(10)13/h2-4,6-8H,5H2,1H3/t7-,8+/m0/s1. The Hall–Kier alpha value is -2.31. The van der Waals surface area contributed by atoms with E-state index in [4.69, 9.17) is 0 Å². The zero-order valence-electron chi connectivity index (χ0n) is 10.2. The molecule has 0 N–H and O–H groups in total. The van der Waals surface area contributed by atoms with Crippen molar-refractivity contribution in [3.8, 4) is 5.69 Å². The van der Waals surface area contributed by atoms with Crippen molar-refractivity contribution in [3.05, 3.63) is 36.2 Å². The number of nitrogens with zero attached hydrogens (tertiary/aromatic N) is 4. The summed E-state index contributed by atoms with van der Waals surface area (Å²) >= 11 is 0. The molecule has 6 nitrogen and oxygen atoms in total. The second-order valence-corrected chi connectivity index (χ2v) is 4.37. The topological polar surface area (TPSA) is 69.9 Å². The smallest absolute Gasteiger partial charge is 0.309 e. The maximum Gasteiger partial charge on any atom is 0.309 e. The van der Waals surface area contributed by atoms with Gasteiger partial charge in [-0.15, -0.1) is 5.10 Å². The second-order valence-electron chi connectivity index (χ2n) is 4.37. The van der Waals surface area contributed by atoms with Crippen LogP contribution in [0.15, 0.2) is 24.5 Å². The van der Waals surface area contributed by atoms with Gasteiger partial charge in [-0.1, -0.05) is 5.21 Å². The highest BCUT2D eigenvalue weighted by Gasteiger charge is 2.46. The number of halogens is 1. The van der Waals surface area contributed by atoms with Gasteiger partial charge in [-0.05, 0) is 18.6 Å². The highest BCUT2D eigenvalue weighted by atomic mass is 19.1. The minimum Gasteiger partial charge on any atom is -0.469 e. The van der Waals surface area contributed by atoms with Crippen molar-refractivity contribution in [2.45, 2.75) is 12.3 Å². The van der Waals surface area contributed by atoms with Crippen LogP contribution in [0.5, 0.6) is 0 Å². The molecule has 2 heterocycles. The molecule has 0 saturated heterocycles. The normalized spacial score (nSPS) is 21.2. The molecule has 1 aliphatic rings. The summed E-state index contributed by atoms with van der Waals surface area (Å²) in [6.45, 7) is 0. The minimum absolute atomic E-state index is 0.0148. The van der Waals surface area contributed by atoms with Crippen molar-refractivity contribution in [1.82, 2.24) is 20.0 Å². The predicted octanol–water partition coefficient (Wildman–Crippen LogP) is 1.08. The first kappa shape index (κ1) is 11.8. The number of aromatic nitrogens is 4. The van der Waals surface area contributed by atoms with E-state index in [-0.39, 0.29) is 23.5 Å². The molecular formula is C12H11FN4O2. The molecule has 0 unspecified atom stereocenters. The quantitative estimate of drug-likeness (QED) is 0.611. The molecule has 2 aromatic rings. The third-order valence-electron chi connectivity index (χ3n) is 3.17. The van der Waals surface area contributed by atoms with Crippen LogP contribution in [-0.2, 0) is 9.53 Å². The Balaban J connectivity index is 1.82. The summed E-state index contributed by atoms with van der Waals surface area (Å²) < 4.78 is 19.5. The first-order valence-electron chi connectivity index (χ1n) is 5.81. The molecule has 2 atom stereocenters. The van der Waals surface area contributed by atoms with E-state index >= 15 is 0 Å². The van der Waals surface area contributed by atoms with Gasteiger partial charge >= 0.3 is 5.97 Å². The lowest BCUT2D eigenvalue weighted by Crippen LogP contribution is -2.03. The van der Waals surface area contributed by atoms with Gasteiger partial charge in [-0.2, -0.15) is 4.39 Å². The largest absolute Gasteiger partial charge is 0.469 e. The Bertz CT molecular complexity index is 628. The summed E-state index contributed by atoms with van der Waals surface area (Å²) in [4.78, 5) is 14.9. The number of hydrogen-bond acceptors (Lipinski definition) is 5. The van der Waals surface area contributed by atoms with Crippen molar-refractivity contribution >= 4 is 5.97 Å². The average Bonchev–Trinajstić information content (AvgIpc) is 3.08. The first-order valence-corrected chi connectivity index (χ1v) is 5.81. The number of carbonyl (C=O) groups excluding carboxylic acids is 1. The van der Waals surface area contributed by atoms with Crippen molar-refractivity contribution in [3.63, 3.8) is 0 Å². The van der Waals surface area contributed by atoms with Crippen LogP contribution in [0.4, 0.5) is 4.39 Å². The van der Waals surface area contributed by atoms with E-state index in [1.807, 2.05) is 0 Å². The summed E-state index contributed by atoms with van der Waals surface area (Å²) in [5, 5.41) is 7.84. The molecule has 0 amide bonds. The van der Waals surface area contributed by atoms with Gasteiger partial charge < -0.3 is 4.74 Å². The lowest BCUT2D eigenvalue weighted by molar-refractivity contribution is -0.142. The van der Waals surface area contributed by atoms with Crippen LogP contribution in [0.1, 0.15) is 18.0 Å². The number of methoxy groups -OCH3 is 1. The van der Waals surface area contributed by atoms with E-state index in [0.717, 1.165) is 0 Å². The van der Waals surface area contributed by atoms with E-state index in [1.54, 1.807) is 18.3 Å². The molecule has 1 fully saturated rings. The Morgan fingerprint density at radius 3 is 3.16 bits per heavy atom. The number of rotatable bonds is 3. The molecule has 0 radical (unpaired) electrons. The average molecular weight is 262 g/mol. The molecule has 0 bridgehead atoms. The SMILES string of the molecule is COC(=O)[C@@H]1C[C@@H]1c1cn(-c2cccnc2F)nn1. The van der Waals surface area contributed by atoms with Gasteiger partial charge in [-0.25, -0.2) is 9.67 Å². The lowest BCUT2D eigenvalue weighted by Gasteiger charge is -1.99. The van der Waals surface area contributed by atoms with Gasteiger partial charge in [0.2, 0.25) is 5.95 Å². The van der Waals surface area contributed by atoms with Crippen molar-refractivity contribution < 1.29 is 13.9 Å². The molecule has 0 aliphatic heterocycles. The van der Waals surface area contributed by atoms with Crippen LogP contribution in [0.2, 0.25) is 0 Å². The van der Waals surface area contributed by atoms with Crippen LogP contribution in [0.25, 0.3) is 5.69 Å². The van der Waals surface area contributed by atoms with Crippen LogP contribution >= 0.6 is 0 Å². The van der Waals surface area contributed by atoms with E-state index in [1.165, 1.54) is 18.0 Å². The second kappa shape index (κ2) is 4.42. The number of esters is 1. The third-order valence-corrected chi connectivity index (χ3v) is 3.17. The van der Waals surface area contributed by atoms with Gasteiger partial charge in [-0.3, -0.25) is 4.79 Å². The van der Waals surface area contributed by atoms with Crippen LogP contribution < -0.4 is 0 Å². The maximum atomic E-state index is 13.5. The van der Waals surface area contributed by atoms with E-state index in [2.05, 4.69) is 20.0 Å². The van der Waals surface area contributed by atoms with Crippen LogP contribution in [0.3, 0.4) is 0 Å². The first-order chi connectivity index (χ1) is 9.20. The molecule has 0 aromatic carbocycles. The Labute approximate surface area is 108 Å². The summed E-state index contributed by atoms with van der Waals surface area (Å²) in [6, 6.07) is 3.18. The fourth-order valence-corrected chi connectivity index (χ4v) is 2.05. The van der Waals surface area contributed by atoms with Crippen molar-refractivity contribution in [2.75, 3.05) is 7.11 Å². The molecule has 98 valence electrons. The molecule has 0 spiro atoms. The molecule has 19 heavy (non-hydrogen) atoms. The minimum atomic E-state index is -0.612. The molecule has 1 aliphatic carbocycles. The number of ether oxygens (including phenoxy) is 1. The number of pyridine rings is 1. The number of carbonyl (C=O) groups is 1. The van der Waals surface area contributed by atoms with Gasteiger partial charge in [0.15, 0.2) is 0 Å². The van der Waals surface area contributed by atoms with E-state index in [9.17, 15) is 9.18 Å². The highest BCUT2D eigenvalue weighted by Crippen LogP contribution is 2.47. The van der Waals surface area contributed by atoms with E-state index in [0.29, 0.717) is 12.1 Å². The lowest BCUT2D eigenvalue weighted by atomic mass is 10.2. The Kier molecular flexibility index (Phi) is 2.73. The van der Waals surface area contributed by atoms with Gasteiger partial charge in [0.25, 0.3) is 0 Å².